The Labute approximate surface area is 200 Å². The lowest BCUT2D eigenvalue weighted by Gasteiger charge is -2.41. The summed E-state index contributed by atoms with van der Waals surface area (Å²) in [5.74, 6) is -2.13. The number of rotatable bonds is 3. The minimum Gasteiger partial charge on any atom is -0.511 e. The van der Waals surface area contributed by atoms with Gasteiger partial charge in [0.05, 0.1) is 5.92 Å². The molecule has 184 valence electrons. The van der Waals surface area contributed by atoms with Crippen molar-refractivity contribution in [3.8, 4) is 0 Å². The second-order valence-electron chi connectivity index (χ2n) is 10.2. The zero-order valence-corrected chi connectivity index (χ0v) is 20.1. The third-order valence-corrected chi connectivity index (χ3v) is 6.49. The normalized spacial score (nSPS) is 23.2. The molecule has 0 radical (unpaired) electrons. The van der Waals surface area contributed by atoms with E-state index in [-0.39, 0.29) is 23.9 Å². The predicted molar refractivity (Wildman–Crippen MR) is 129 cm³/mol. The summed E-state index contributed by atoms with van der Waals surface area (Å²) in [5, 5.41) is 16.4. The molecule has 2 atom stereocenters. The first-order chi connectivity index (χ1) is 16.1. The van der Waals surface area contributed by atoms with Gasteiger partial charge in [0.2, 0.25) is 0 Å². The second-order valence-corrected chi connectivity index (χ2v) is 10.2. The largest absolute Gasteiger partial charge is 0.511 e. The summed E-state index contributed by atoms with van der Waals surface area (Å²) in [6.45, 7) is 7.97. The van der Waals surface area contributed by atoms with Crippen molar-refractivity contribution in [3.05, 3.63) is 35.6 Å². The number of amides is 3. The summed E-state index contributed by atoms with van der Waals surface area (Å²) in [6, 6.07) is 7.16. The van der Waals surface area contributed by atoms with Gasteiger partial charge in [-0.05, 0) is 70.7 Å². The molecule has 1 aromatic rings. The van der Waals surface area contributed by atoms with Crippen molar-refractivity contribution in [2.24, 2.45) is 5.92 Å². The fourth-order valence-electron chi connectivity index (χ4n) is 4.76. The van der Waals surface area contributed by atoms with Gasteiger partial charge < -0.3 is 30.3 Å². The Morgan fingerprint density at radius 3 is 2.41 bits per heavy atom. The number of carbonyl (C=O) groups is 3. The third kappa shape index (κ3) is 5.29. The number of nitrogens with zero attached hydrogens (tertiary/aromatic N) is 2. The van der Waals surface area contributed by atoms with Crippen LogP contribution in [0.4, 0.5) is 16.2 Å². The van der Waals surface area contributed by atoms with E-state index in [1.807, 2.05) is 12.1 Å². The molecule has 0 aromatic heterocycles. The molecule has 0 unspecified atom stereocenters. The van der Waals surface area contributed by atoms with Gasteiger partial charge in [-0.2, -0.15) is 0 Å². The number of benzene rings is 1. The standard InChI is InChI=1S/C25H34N4O5/c1-25(2,3)34-24(33)29-14-11-19-18(15-29)21(30)20(23(32)27-19)22(31)26-16-7-9-17(10-8-16)28-12-5-4-6-13-28/h7-10,18-19,30H,4-6,11-15H2,1-3H3,(H,26,31)(H,27,32)/t18-,19-/m1/s1. The highest BCUT2D eigenvalue weighted by atomic mass is 16.6. The van der Waals surface area contributed by atoms with Crippen LogP contribution in [0.15, 0.2) is 35.6 Å². The number of aliphatic hydroxyl groups excluding tert-OH is 1. The number of carbonyl (C=O) groups excluding carboxylic acids is 3. The zero-order valence-electron chi connectivity index (χ0n) is 20.1. The molecular weight excluding hydrogens is 436 g/mol. The van der Waals surface area contributed by atoms with Crippen molar-refractivity contribution in [3.63, 3.8) is 0 Å². The summed E-state index contributed by atoms with van der Waals surface area (Å²) >= 11 is 0. The van der Waals surface area contributed by atoms with Crippen molar-refractivity contribution in [2.75, 3.05) is 36.4 Å². The van der Waals surface area contributed by atoms with Gasteiger partial charge in [0.1, 0.15) is 16.9 Å². The molecule has 2 saturated heterocycles. The number of hydrogen-bond donors (Lipinski definition) is 3. The summed E-state index contributed by atoms with van der Waals surface area (Å²) in [4.78, 5) is 41.9. The first kappa shape index (κ1) is 23.9. The minimum absolute atomic E-state index is 0.160. The first-order valence-corrected chi connectivity index (χ1v) is 12.0. The SMILES string of the molecule is CC(C)(C)OC(=O)N1CC[C@H]2NC(=O)C(C(=O)Nc3ccc(N4CCCCC4)cc3)=C(O)[C@@H]2C1. The Balaban J connectivity index is 1.46. The second kappa shape index (κ2) is 9.56. The van der Waals surface area contributed by atoms with E-state index in [4.69, 9.17) is 4.74 Å². The molecule has 0 aliphatic carbocycles. The van der Waals surface area contributed by atoms with Gasteiger partial charge in [-0.1, -0.05) is 0 Å². The Morgan fingerprint density at radius 1 is 1.09 bits per heavy atom. The van der Waals surface area contributed by atoms with E-state index in [2.05, 4.69) is 15.5 Å². The van der Waals surface area contributed by atoms with Crippen molar-refractivity contribution < 1.29 is 24.2 Å². The van der Waals surface area contributed by atoms with Crippen molar-refractivity contribution >= 4 is 29.3 Å². The van der Waals surface area contributed by atoms with Crippen molar-refractivity contribution in [1.29, 1.82) is 0 Å². The Hall–Kier alpha value is -3.23. The molecule has 3 heterocycles. The summed E-state index contributed by atoms with van der Waals surface area (Å²) in [5.41, 5.74) is 0.691. The van der Waals surface area contributed by atoms with E-state index >= 15 is 0 Å². The Morgan fingerprint density at radius 2 is 1.76 bits per heavy atom. The molecule has 3 aliphatic heterocycles. The molecular formula is C25H34N4O5. The number of nitrogens with one attached hydrogen (secondary N) is 2. The molecule has 34 heavy (non-hydrogen) atoms. The molecule has 0 saturated carbocycles. The average molecular weight is 471 g/mol. The van der Waals surface area contributed by atoms with Crippen LogP contribution in [0.2, 0.25) is 0 Å². The van der Waals surface area contributed by atoms with Gasteiger partial charge in [-0.3, -0.25) is 9.59 Å². The number of anilines is 2. The van der Waals surface area contributed by atoms with Crippen LogP contribution >= 0.6 is 0 Å². The topological polar surface area (TPSA) is 111 Å². The van der Waals surface area contributed by atoms with Crippen LogP contribution in [-0.2, 0) is 14.3 Å². The number of piperidine rings is 2. The van der Waals surface area contributed by atoms with Crippen molar-refractivity contribution in [1.82, 2.24) is 10.2 Å². The maximum atomic E-state index is 12.9. The number of aliphatic hydroxyl groups is 1. The van der Waals surface area contributed by atoms with Gasteiger partial charge in [-0.15, -0.1) is 0 Å². The van der Waals surface area contributed by atoms with Crippen LogP contribution in [0.5, 0.6) is 0 Å². The maximum Gasteiger partial charge on any atom is 0.410 e. The van der Waals surface area contributed by atoms with Gasteiger partial charge in [0.15, 0.2) is 0 Å². The summed E-state index contributed by atoms with van der Waals surface area (Å²) in [6.07, 6.45) is 3.59. The molecule has 9 nitrogen and oxygen atoms in total. The molecule has 2 fully saturated rings. The smallest absolute Gasteiger partial charge is 0.410 e. The lowest BCUT2D eigenvalue weighted by molar-refractivity contribution is -0.124. The molecule has 4 rings (SSSR count). The maximum absolute atomic E-state index is 12.9. The van der Waals surface area contributed by atoms with Crippen LogP contribution in [-0.4, -0.2) is 65.7 Å². The first-order valence-electron chi connectivity index (χ1n) is 12.0. The fraction of sp³-hybridized carbons (Fsp3) is 0.560. The molecule has 9 heteroatoms. The van der Waals surface area contributed by atoms with Crippen LogP contribution in [0, 0.1) is 5.92 Å². The summed E-state index contributed by atoms with van der Waals surface area (Å²) in [7, 11) is 0. The molecule has 3 N–H and O–H groups in total. The number of fused-ring (bicyclic) bond motifs is 1. The highest BCUT2D eigenvalue weighted by molar-refractivity contribution is 6.23. The van der Waals surface area contributed by atoms with E-state index < -0.39 is 29.4 Å². The number of hydrogen-bond acceptors (Lipinski definition) is 6. The van der Waals surface area contributed by atoms with Crippen LogP contribution in [0.1, 0.15) is 46.5 Å². The van der Waals surface area contributed by atoms with Crippen LogP contribution in [0.3, 0.4) is 0 Å². The highest BCUT2D eigenvalue weighted by Gasteiger charge is 2.43. The van der Waals surface area contributed by atoms with Crippen LogP contribution in [0.25, 0.3) is 0 Å². The Kier molecular flexibility index (Phi) is 6.72. The van der Waals surface area contributed by atoms with Gasteiger partial charge in [-0.25, -0.2) is 4.79 Å². The van der Waals surface area contributed by atoms with E-state index in [0.717, 1.165) is 18.8 Å². The molecule has 3 aliphatic rings. The van der Waals surface area contributed by atoms with Gasteiger partial charge in [0, 0.05) is 43.6 Å². The predicted octanol–water partition coefficient (Wildman–Crippen LogP) is 3.18. The van der Waals surface area contributed by atoms with Gasteiger partial charge in [0.25, 0.3) is 11.8 Å². The lowest BCUT2D eigenvalue weighted by Crippen LogP contribution is -2.57. The third-order valence-electron chi connectivity index (χ3n) is 6.49. The fourth-order valence-corrected chi connectivity index (χ4v) is 4.76. The van der Waals surface area contributed by atoms with Crippen LogP contribution < -0.4 is 15.5 Å². The molecule has 1 aromatic carbocycles. The summed E-state index contributed by atoms with van der Waals surface area (Å²) < 4.78 is 5.44. The lowest BCUT2D eigenvalue weighted by atomic mass is 9.85. The monoisotopic (exact) mass is 470 g/mol. The molecule has 0 bridgehead atoms. The van der Waals surface area contributed by atoms with Crippen molar-refractivity contribution in [2.45, 2.75) is 58.1 Å². The van der Waals surface area contributed by atoms with Gasteiger partial charge >= 0.3 is 6.09 Å². The quantitative estimate of drug-likeness (QED) is 0.585. The molecule has 0 spiro atoms. The average Bonchev–Trinajstić information content (AvgIpc) is 2.79. The van der Waals surface area contributed by atoms with E-state index in [0.29, 0.717) is 18.7 Å². The Bertz CT molecular complexity index is 976. The van der Waals surface area contributed by atoms with E-state index in [1.165, 1.54) is 24.2 Å². The van der Waals surface area contributed by atoms with E-state index in [1.54, 1.807) is 32.9 Å². The number of ether oxygens (including phenoxy) is 1. The zero-order chi connectivity index (χ0) is 24.5. The van der Waals surface area contributed by atoms with E-state index in [9.17, 15) is 19.5 Å². The minimum atomic E-state index is -0.673. The number of likely N-dealkylation sites (tertiary alicyclic amines) is 1. The molecule has 3 amide bonds. The highest BCUT2D eigenvalue weighted by Crippen LogP contribution is 2.30.